The van der Waals surface area contributed by atoms with Gasteiger partial charge in [0, 0.05) is 12.4 Å². The Morgan fingerprint density at radius 3 is 2.92 bits per heavy atom. The summed E-state index contributed by atoms with van der Waals surface area (Å²) in [7, 11) is 1.74. The number of hydrogen-bond donors (Lipinski definition) is 2. The van der Waals surface area contributed by atoms with Crippen molar-refractivity contribution in [2.24, 2.45) is 0 Å². The normalized spacial score (nSPS) is 10.2. The van der Waals surface area contributed by atoms with Crippen LogP contribution in [0.5, 0.6) is 0 Å². The van der Waals surface area contributed by atoms with Crippen LogP contribution in [-0.2, 0) is 0 Å². The molecule has 0 aliphatic carbocycles. The van der Waals surface area contributed by atoms with Crippen LogP contribution in [0.15, 0.2) is 29.1 Å². The average Bonchev–Trinajstić information content (AvgIpc) is 2.16. The lowest BCUT2D eigenvalue weighted by Crippen LogP contribution is -2.12. The van der Waals surface area contributed by atoms with Crippen LogP contribution < -0.4 is 11.0 Å². The van der Waals surface area contributed by atoms with E-state index in [1.54, 1.807) is 7.05 Å². The second kappa shape index (κ2) is 2.90. The topological polar surface area (TPSA) is 57.8 Å². The van der Waals surface area contributed by atoms with E-state index in [0.717, 1.165) is 10.9 Å². The lowest BCUT2D eigenvalue weighted by molar-refractivity contribution is 1.12. The van der Waals surface area contributed by atoms with E-state index >= 15 is 0 Å². The Hall–Kier alpha value is -1.84. The fourth-order valence-corrected chi connectivity index (χ4v) is 1.29. The molecule has 0 unspecified atom stereocenters. The van der Waals surface area contributed by atoms with Gasteiger partial charge >= 0.3 is 5.69 Å². The maximum atomic E-state index is 11.1. The van der Waals surface area contributed by atoms with Crippen molar-refractivity contribution in [3.05, 3.63) is 34.7 Å². The Morgan fingerprint density at radius 1 is 1.38 bits per heavy atom. The summed E-state index contributed by atoms with van der Waals surface area (Å²) in [4.78, 5) is 17.5. The van der Waals surface area contributed by atoms with E-state index in [4.69, 9.17) is 0 Å². The first-order valence-electron chi connectivity index (χ1n) is 3.98. The second-order valence-corrected chi connectivity index (χ2v) is 2.69. The third-order valence-electron chi connectivity index (χ3n) is 1.87. The third-order valence-corrected chi connectivity index (χ3v) is 1.87. The first-order chi connectivity index (χ1) is 6.31. The van der Waals surface area contributed by atoms with Gasteiger partial charge in [0.05, 0.1) is 5.52 Å². The molecule has 13 heavy (non-hydrogen) atoms. The Balaban J connectivity index is 2.89. The SMILES string of the molecule is CNc1nc(=O)[nH]c2ccccc12. The molecule has 2 N–H and O–H groups in total. The minimum atomic E-state index is -0.331. The molecule has 4 nitrogen and oxygen atoms in total. The maximum Gasteiger partial charge on any atom is 0.347 e. The van der Waals surface area contributed by atoms with Crippen LogP contribution in [-0.4, -0.2) is 17.0 Å². The van der Waals surface area contributed by atoms with Crippen LogP contribution in [0.2, 0.25) is 0 Å². The Bertz CT molecular complexity index is 489. The van der Waals surface area contributed by atoms with Gasteiger partial charge in [-0.25, -0.2) is 4.79 Å². The highest BCUT2D eigenvalue weighted by atomic mass is 16.1. The van der Waals surface area contributed by atoms with Gasteiger partial charge in [-0.15, -0.1) is 0 Å². The van der Waals surface area contributed by atoms with Gasteiger partial charge in [-0.2, -0.15) is 4.98 Å². The summed E-state index contributed by atoms with van der Waals surface area (Å²) in [5.41, 5.74) is 0.468. The smallest absolute Gasteiger partial charge is 0.347 e. The number of aromatic nitrogens is 2. The Morgan fingerprint density at radius 2 is 2.15 bits per heavy atom. The zero-order valence-electron chi connectivity index (χ0n) is 7.16. The molecule has 0 aliphatic rings. The largest absolute Gasteiger partial charge is 0.372 e. The predicted molar refractivity (Wildman–Crippen MR) is 51.9 cm³/mol. The highest BCUT2D eigenvalue weighted by Gasteiger charge is 2.00. The number of nitrogens with one attached hydrogen (secondary N) is 2. The van der Waals surface area contributed by atoms with E-state index < -0.39 is 0 Å². The fraction of sp³-hybridized carbons (Fsp3) is 0.111. The average molecular weight is 175 g/mol. The van der Waals surface area contributed by atoms with Crippen LogP contribution in [0.25, 0.3) is 10.9 Å². The number of nitrogens with zero attached hydrogens (tertiary/aromatic N) is 1. The molecule has 0 atom stereocenters. The molecule has 0 saturated heterocycles. The third kappa shape index (κ3) is 1.26. The molecule has 0 saturated carbocycles. The van der Waals surface area contributed by atoms with E-state index in [-0.39, 0.29) is 5.69 Å². The molecule has 1 heterocycles. The fourth-order valence-electron chi connectivity index (χ4n) is 1.29. The standard InChI is InChI=1S/C9H9N3O/c1-10-8-6-4-2-3-5-7(6)11-9(13)12-8/h2-5H,1H3,(H2,10,11,12,13). The molecular weight excluding hydrogens is 166 g/mol. The van der Waals surface area contributed by atoms with E-state index in [2.05, 4.69) is 15.3 Å². The summed E-state index contributed by atoms with van der Waals surface area (Å²) in [6, 6.07) is 7.53. The molecular formula is C9H9N3O. The van der Waals surface area contributed by atoms with E-state index in [9.17, 15) is 4.79 Å². The van der Waals surface area contributed by atoms with Gasteiger partial charge < -0.3 is 10.3 Å². The van der Waals surface area contributed by atoms with Gasteiger partial charge in [0.2, 0.25) is 0 Å². The number of para-hydroxylation sites is 1. The van der Waals surface area contributed by atoms with Gasteiger partial charge in [0.15, 0.2) is 0 Å². The molecule has 0 fully saturated rings. The summed E-state index contributed by atoms with van der Waals surface area (Å²) in [6.45, 7) is 0. The van der Waals surface area contributed by atoms with Crippen LogP contribution in [0.1, 0.15) is 0 Å². The number of benzene rings is 1. The number of hydrogen-bond acceptors (Lipinski definition) is 3. The van der Waals surface area contributed by atoms with Crippen molar-refractivity contribution in [2.75, 3.05) is 12.4 Å². The lowest BCUT2D eigenvalue weighted by Gasteiger charge is -2.02. The van der Waals surface area contributed by atoms with Crippen molar-refractivity contribution in [3.8, 4) is 0 Å². The quantitative estimate of drug-likeness (QED) is 0.678. The van der Waals surface area contributed by atoms with Crippen molar-refractivity contribution < 1.29 is 0 Å². The Kier molecular flexibility index (Phi) is 1.73. The zero-order valence-corrected chi connectivity index (χ0v) is 7.16. The molecule has 66 valence electrons. The molecule has 2 aromatic rings. The van der Waals surface area contributed by atoms with Crippen LogP contribution in [0.3, 0.4) is 0 Å². The number of fused-ring (bicyclic) bond motifs is 1. The summed E-state index contributed by atoms with van der Waals surface area (Å²) in [5.74, 6) is 0.611. The van der Waals surface area contributed by atoms with E-state index in [1.807, 2.05) is 24.3 Å². The molecule has 0 aliphatic heterocycles. The minimum absolute atomic E-state index is 0.331. The number of H-pyrrole nitrogens is 1. The molecule has 2 rings (SSSR count). The highest BCUT2D eigenvalue weighted by Crippen LogP contribution is 2.15. The first kappa shape index (κ1) is 7.79. The first-order valence-corrected chi connectivity index (χ1v) is 3.98. The monoisotopic (exact) mass is 175 g/mol. The zero-order chi connectivity index (χ0) is 9.26. The number of anilines is 1. The molecule has 4 heteroatoms. The summed E-state index contributed by atoms with van der Waals surface area (Å²) < 4.78 is 0. The summed E-state index contributed by atoms with van der Waals surface area (Å²) in [5, 5.41) is 3.80. The molecule has 1 aromatic heterocycles. The summed E-state index contributed by atoms with van der Waals surface area (Å²) >= 11 is 0. The van der Waals surface area contributed by atoms with Crippen molar-refractivity contribution in [1.82, 2.24) is 9.97 Å². The van der Waals surface area contributed by atoms with Crippen LogP contribution in [0, 0.1) is 0 Å². The minimum Gasteiger partial charge on any atom is -0.372 e. The molecule has 0 spiro atoms. The Labute approximate surface area is 74.6 Å². The van der Waals surface area contributed by atoms with E-state index in [0.29, 0.717) is 5.82 Å². The van der Waals surface area contributed by atoms with Crippen molar-refractivity contribution in [1.29, 1.82) is 0 Å². The van der Waals surface area contributed by atoms with Crippen LogP contribution >= 0.6 is 0 Å². The predicted octanol–water partition coefficient (Wildman–Crippen LogP) is 0.965. The summed E-state index contributed by atoms with van der Waals surface area (Å²) in [6.07, 6.45) is 0. The van der Waals surface area contributed by atoms with Gasteiger partial charge in [0.1, 0.15) is 5.82 Å². The van der Waals surface area contributed by atoms with Crippen molar-refractivity contribution in [2.45, 2.75) is 0 Å². The van der Waals surface area contributed by atoms with Gasteiger partial charge in [-0.3, -0.25) is 0 Å². The van der Waals surface area contributed by atoms with E-state index in [1.165, 1.54) is 0 Å². The highest BCUT2D eigenvalue weighted by molar-refractivity contribution is 5.88. The number of rotatable bonds is 1. The second-order valence-electron chi connectivity index (χ2n) is 2.69. The lowest BCUT2D eigenvalue weighted by atomic mass is 10.2. The van der Waals surface area contributed by atoms with Crippen LogP contribution in [0.4, 0.5) is 5.82 Å². The molecule has 0 radical (unpaired) electrons. The molecule has 0 amide bonds. The molecule has 0 bridgehead atoms. The van der Waals surface area contributed by atoms with Gasteiger partial charge in [0.25, 0.3) is 0 Å². The number of aromatic amines is 1. The van der Waals surface area contributed by atoms with Gasteiger partial charge in [-0.1, -0.05) is 12.1 Å². The van der Waals surface area contributed by atoms with Crippen molar-refractivity contribution >= 4 is 16.7 Å². The van der Waals surface area contributed by atoms with Gasteiger partial charge in [-0.05, 0) is 12.1 Å². The molecule has 1 aromatic carbocycles. The van der Waals surface area contributed by atoms with Crippen molar-refractivity contribution in [3.63, 3.8) is 0 Å². The maximum absolute atomic E-state index is 11.1.